The second-order valence-corrected chi connectivity index (χ2v) is 9.79. The van der Waals surface area contributed by atoms with Gasteiger partial charge in [0.05, 0.1) is 17.3 Å². The van der Waals surface area contributed by atoms with Crippen molar-refractivity contribution in [3.8, 4) is 0 Å². The van der Waals surface area contributed by atoms with Crippen molar-refractivity contribution < 1.29 is 18.0 Å². The molecule has 0 fully saturated rings. The average Bonchev–Trinajstić information content (AvgIpc) is 2.77. The minimum Gasteiger partial charge on any atom is -0.273 e. The lowest BCUT2D eigenvalue weighted by Crippen LogP contribution is -2.23. The topological polar surface area (TPSA) is 72.5 Å². The number of hydrogen-bond donors (Lipinski definition) is 1. The van der Waals surface area contributed by atoms with Crippen LogP contribution in [0.5, 0.6) is 0 Å². The molecule has 0 bridgehead atoms. The predicted octanol–water partition coefficient (Wildman–Crippen LogP) is 5.12. The zero-order valence-electron chi connectivity index (χ0n) is 17.8. The van der Waals surface area contributed by atoms with Crippen LogP contribution in [0.15, 0.2) is 71.6 Å². The first-order valence-electron chi connectivity index (χ1n) is 10.6. The van der Waals surface area contributed by atoms with E-state index >= 15 is 0 Å². The van der Waals surface area contributed by atoms with Crippen LogP contribution in [0.25, 0.3) is 10.8 Å². The molecule has 0 unspecified atom stereocenters. The third-order valence-electron chi connectivity index (χ3n) is 5.27. The summed E-state index contributed by atoms with van der Waals surface area (Å²) in [5, 5.41) is 1.76. The van der Waals surface area contributed by atoms with Crippen LogP contribution < -0.4 is 5.48 Å². The summed E-state index contributed by atoms with van der Waals surface area (Å²) in [6, 6.07) is 20.8. The van der Waals surface area contributed by atoms with Crippen molar-refractivity contribution in [2.45, 2.75) is 50.5 Å². The fourth-order valence-corrected chi connectivity index (χ4v) is 5.18. The SMILES string of the molecule is Cc1cccc2c(S(=O)(=O)CCCCCCC(=O)NOCc3ccccc3)cccc12. The minimum absolute atomic E-state index is 0.117. The van der Waals surface area contributed by atoms with Gasteiger partial charge in [0, 0.05) is 11.8 Å². The summed E-state index contributed by atoms with van der Waals surface area (Å²) in [4.78, 5) is 17.5. The highest BCUT2D eigenvalue weighted by molar-refractivity contribution is 7.91. The summed E-state index contributed by atoms with van der Waals surface area (Å²) in [7, 11) is -3.34. The summed E-state index contributed by atoms with van der Waals surface area (Å²) in [5.74, 6) is -0.0402. The molecular weight excluding hydrogens is 410 g/mol. The number of hydrogen-bond acceptors (Lipinski definition) is 4. The number of carbonyl (C=O) groups excluding carboxylic acids is 1. The number of hydroxylamine groups is 1. The van der Waals surface area contributed by atoms with Crippen LogP contribution in [0, 0.1) is 6.92 Å². The van der Waals surface area contributed by atoms with Gasteiger partial charge in [-0.05, 0) is 42.3 Å². The second kappa shape index (κ2) is 11.1. The van der Waals surface area contributed by atoms with Crippen molar-refractivity contribution in [1.82, 2.24) is 5.48 Å². The first-order valence-corrected chi connectivity index (χ1v) is 12.3. The van der Waals surface area contributed by atoms with Crippen LogP contribution in [-0.4, -0.2) is 20.1 Å². The number of fused-ring (bicyclic) bond motifs is 1. The molecule has 6 heteroatoms. The van der Waals surface area contributed by atoms with E-state index in [4.69, 9.17) is 4.84 Å². The summed E-state index contributed by atoms with van der Waals surface area (Å²) in [5.41, 5.74) is 4.52. The van der Waals surface area contributed by atoms with Crippen LogP contribution in [0.4, 0.5) is 0 Å². The molecule has 0 radical (unpaired) electrons. The van der Waals surface area contributed by atoms with Crippen LogP contribution in [0.2, 0.25) is 0 Å². The number of amides is 1. The number of aryl methyl sites for hydroxylation is 1. The average molecular weight is 440 g/mol. The Labute approximate surface area is 184 Å². The highest BCUT2D eigenvalue weighted by Crippen LogP contribution is 2.26. The lowest BCUT2D eigenvalue weighted by atomic mass is 10.1. The highest BCUT2D eigenvalue weighted by atomic mass is 32.2. The molecule has 31 heavy (non-hydrogen) atoms. The molecule has 3 rings (SSSR count). The molecule has 3 aromatic carbocycles. The molecular formula is C25H29NO4S. The van der Waals surface area contributed by atoms with E-state index in [2.05, 4.69) is 5.48 Å². The summed E-state index contributed by atoms with van der Waals surface area (Å²) < 4.78 is 25.7. The Hall–Kier alpha value is -2.70. The smallest absolute Gasteiger partial charge is 0.243 e. The molecule has 3 aromatic rings. The maximum absolute atomic E-state index is 12.9. The van der Waals surface area contributed by atoms with E-state index in [1.54, 1.807) is 12.1 Å². The van der Waals surface area contributed by atoms with Crippen molar-refractivity contribution in [1.29, 1.82) is 0 Å². The molecule has 5 nitrogen and oxygen atoms in total. The van der Waals surface area contributed by atoms with Crippen LogP contribution >= 0.6 is 0 Å². The number of carbonyl (C=O) groups is 1. The van der Waals surface area contributed by atoms with Gasteiger partial charge in [-0.2, -0.15) is 0 Å². The molecule has 0 aliphatic rings. The Morgan fingerprint density at radius 3 is 2.35 bits per heavy atom. The Kier molecular flexibility index (Phi) is 8.20. The van der Waals surface area contributed by atoms with Gasteiger partial charge < -0.3 is 0 Å². The zero-order valence-corrected chi connectivity index (χ0v) is 18.7. The van der Waals surface area contributed by atoms with Gasteiger partial charge >= 0.3 is 0 Å². The zero-order chi connectivity index (χ0) is 22.1. The van der Waals surface area contributed by atoms with E-state index in [9.17, 15) is 13.2 Å². The van der Waals surface area contributed by atoms with E-state index in [1.807, 2.05) is 61.5 Å². The standard InChI is InChI=1S/C25H29NO4S/c1-20-11-9-15-23-22(20)14-10-16-24(23)31(28,29)18-8-3-2-7-17-25(27)26-30-19-21-12-5-4-6-13-21/h4-6,9-16H,2-3,7-8,17-19H2,1H3,(H,26,27). The highest BCUT2D eigenvalue weighted by Gasteiger charge is 2.17. The lowest BCUT2D eigenvalue weighted by molar-refractivity contribution is -0.134. The monoisotopic (exact) mass is 439 g/mol. The van der Waals surface area contributed by atoms with Gasteiger partial charge in [-0.1, -0.05) is 73.5 Å². The van der Waals surface area contributed by atoms with Crippen LogP contribution in [0.1, 0.15) is 43.2 Å². The van der Waals surface area contributed by atoms with Crippen molar-refractivity contribution in [2.24, 2.45) is 0 Å². The Morgan fingerprint density at radius 1 is 0.839 bits per heavy atom. The van der Waals surface area contributed by atoms with E-state index < -0.39 is 9.84 Å². The number of unbranched alkanes of at least 4 members (excludes halogenated alkanes) is 3. The van der Waals surface area contributed by atoms with Crippen LogP contribution in [-0.2, 0) is 26.1 Å². The summed E-state index contributed by atoms with van der Waals surface area (Å²) in [6.07, 6.45) is 3.21. The normalized spacial score (nSPS) is 11.5. The van der Waals surface area contributed by atoms with Crippen molar-refractivity contribution >= 4 is 26.5 Å². The van der Waals surface area contributed by atoms with Gasteiger partial charge in [-0.3, -0.25) is 9.63 Å². The summed E-state index contributed by atoms with van der Waals surface area (Å²) in [6.45, 7) is 2.32. The Morgan fingerprint density at radius 2 is 1.55 bits per heavy atom. The number of nitrogens with one attached hydrogen (secondary N) is 1. The first kappa shape index (κ1) is 23.0. The van der Waals surface area contributed by atoms with E-state index in [0.29, 0.717) is 30.8 Å². The molecule has 1 N–H and O–H groups in total. The number of sulfone groups is 1. The van der Waals surface area contributed by atoms with Gasteiger partial charge in [0.15, 0.2) is 9.84 Å². The molecule has 0 saturated carbocycles. The number of benzene rings is 3. The van der Waals surface area contributed by atoms with E-state index in [-0.39, 0.29) is 11.7 Å². The fourth-order valence-electron chi connectivity index (χ4n) is 3.58. The maximum atomic E-state index is 12.9. The van der Waals surface area contributed by atoms with Gasteiger partial charge in [0.1, 0.15) is 0 Å². The van der Waals surface area contributed by atoms with Gasteiger partial charge in [-0.15, -0.1) is 0 Å². The maximum Gasteiger partial charge on any atom is 0.243 e. The quantitative estimate of drug-likeness (QED) is 0.332. The lowest BCUT2D eigenvalue weighted by Gasteiger charge is -2.10. The van der Waals surface area contributed by atoms with Crippen LogP contribution in [0.3, 0.4) is 0 Å². The van der Waals surface area contributed by atoms with Crippen molar-refractivity contribution in [2.75, 3.05) is 5.75 Å². The van der Waals surface area contributed by atoms with Gasteiger partial charge in [0.2, 0.25) is 5.91 Å². The minimum atomic E-state index is -3.34. The third kappa shape index (κ3) is 6.64. The molecule has 0 spiro atoms. The van der Waals surface area contributed by atoms with Gasteiger partial charge in [-0.25, -0.2) is 13.9 Å². The molecule has 0 aliphatic heterocycles. The van der Waals surface area contributed by atoms with Crippen molar-refractivity contribution in [3.63, 3.8) is 0 Å². The fraction of sp³-hybridized carbons (Fsp3) is 0.320. The largest absolute Gasteiger partial charge is 0.273 e. The molecule has 0 heterocycles. The Bertz CT molecular complexity index is 1110. The molecule has 0 atom stereocenters. The molecule has 0 saturated heterocycles. The number of rotatable bonds is 11. The van der Waals surface area contributed by atoms with Crippen molar-refractivity contribution in [3.05, 3.63) is 77.9 Å². The van der Waals surface area contributed by atoms with E-state index in [1.165, 1.54) is 0 Å². The molecule has 0 aromatic heterocycles. The van der Waals surface area contributed by atoms with Gasteiger partial charge in [0.25, 0.3) is 0 Å². The second-order valence-electron chi connectivity index (χ2n) is 7.71. The first-order chi connectivity index (χ1) is 15.0. The molecule has 0 aliphatic carbocycles. The Balaban J connectivity index is 1.37. The summed E-state index contributed by atoms with van der Waals surface area (Å²) >= 11 is 0. The predicted molar refractivity (Wildman–Crippen MR) is 123 cm³/mol. The third-order valence-corrected chi connectivity index (χ3v) is 7.12. The molecule has 1 amide bonds. The van der Waals surface area contributed by atoms with E-state index in [0.717, 1.165) is 34.7 Å². The molecule has 164 valence electrons.